The van der Waals surface area contributed by atoms with Crippen LogP contribution < -0.4 is 5.56 Å². The maximum Gasteiger partial charge on any atom is 0.353 e. The lowest BCUT2D eigenvalue weighted by Crippen LogP contribution is -2.14. The third-order valence-corrected chi connectivity index (χ3v) is 6.10. The van der Waals surface area contributed by atoms with Crippen LogP contribution in [0.15, 0.2) is 59.5 Å². The minimum atomic E-state index is -1.29. The number of aromatic amines is 1. The van der Waals surface area contributed by atoms with Crippen LogP contribution >= 0.6 is 11.6 Å². The molecule has 3 aromatic heterocycles. The average molecular weight is 480 g/mol. The third-order valence-electron chi connectivity index (χ3n) is 5.77. The molecule has 0 saturated carbocycles. The number of pyridine rings is 2. The number of nitrogens with one attached hydrogen (secondary N) is 1. The van der Waals surface area contributed by atoms with Gasteiger partial charge in [-0.1, -0.05) is 11.6 Å². The molecule has 6 nitrogen and oxygen atoms in total. The fourth-order valence-electron chi connectivity index (χ4n) is 4.20. The highest BCUT2D eigenvalue weighted by Crippen LogP contribution is 2.36. The number of nitrogens with zero attached hydrogens (tertiary/aromatic N) is 2. The number of rotatable bonds is 4. The molecule has 0 aliphatic rings. The number of aromatic nitrogens is 3. The van der Waals surface area contributed by atoms with Crippen LogP contribution in [0, 0.1) is 18.6 Å². The highest BCUT2D eigenvalue weighted by atomic mass is 35.5. The maximum absolute atomic E-state index is 14.6. The Bertz CT molecular complexity index is 1690. The van der Waals surface area contributed by atoms with E-state index >= 15 is 0 Å². The second-order valence-electron chi connectivity index (χ2n) is 7.92. The van der Waals surface area contributed by atoms with Crippen molar-refractivity contribution in [2.45, 2.75) is 13.5 Å². The molecule has 0 fully saturated rings. The number of hydrogen-bond acceptors (Lipinski definition) is 3. The highest BCUT2D eigenvalue weighted by molar-refractivity contribution is 6.30. The molecule has 5 rings (SSSR count). The SMILES string of the molecule is Cc1cc2c(-c3ccc[nH]c3=O)c(C(=O)O)n(Cc3cc4ccc(F)cc4nc3Cl)c2cc1F. The molecule has 34 heavy (non-hydrogen) atoms. The number of carbonyl (C=O) groups is 1. The first-order valence-corrected chi connectivity index (χ1v) is 10.6. The van der Waals surface area contributed by atoms with Crippen LogP contribution in [-0.4, -0.2) is 25.6 Å². The van der Waals surface area contributed by atoms with Gasteiger partial charge in [0.15, 0.2) is 0 Å². The predicted molar refractivity (Wildman–Crippen MR) is 125 cm³/mol. The van der Waals surface area contributed by atoms with Gasteiger partial charge in [-0.05, 0) is 55.0 Å². The van der Waals surface area contributed by atoms with E-state index in [9.17, 15) is 23.5 Å². The van der Waals surface area contributed by atoms with Crippen LogP contribution in [0.4, 0.5) is 8.78 Å². The van der Waals surface area contributed by atoms with E-state index in [-0.39, 0.29) is 34.0 Å². The van der Waals surface area contributed by atoms with Gasteiger partial charge in [0, 0.05) is 39.7 Å². The molecular formula is C25H16ClF2N3O3. The second-order valence-corrected chi connectivity index (χ2v) is 8.28. The molecule has 0 unspecified atom stereocenters. The first kappa shape index (κ1) is 21.8. The summed E-state index contributed by atoms with van der Waals surface area (Å²) in [6.07, 6.45) is 1.44. The Labute approximate surface area is 196 Å². The largest absolute Gasteiger partial charge is 0.477 e. The van der Waals surface area contributed by atoms with Gasteiger partial charge in [0.2, 0.25) is 0 Å². The van der Waals surface area contributed by atoms with E-state index in [0.717, 1.165) is 0 Å². The zero-order chi connectivity index (χ0) is 24.1. The lowest BCUT2D eigenvalue weighted by atomic mass is 10.0. The third kappa shape index (κ3) is 3.52. The average Bonchev–Trinajstić information content (AvgIpc) is 3.08. The first-order chi connectivity index (χ1) is 16.2. The Kier molecular flexibility index (Phi) is 5.17. The van der Waals surface area contributed by atoms with E-state index in [1.54, 1.807) is 25.1 Å². The van der Waals surface area contributed by atoms with Gasteiger partial charge >= 0.3 is 5.97 Å². The van der Waals surface area contributed by atoms with E-state index in [1.165, 1.54) is 41.1 Å². The van der Waals surface area contributed by atoms with Gasteiger partial charge in [0.25, 0.3) is 5.56 Å². The molecule has 2 N–H and O–H groups in total. The molecule has 0 aliphatic heterocycles. The van der Waals surface area contributed by atoms with Gasteiger partial charge in [-0.2, -0.15) is 0 Å². The monoisotopic (exact) mass is 479 g/mol. The molecule has 170 valence electrons. The van der Waals surface area contributed by atoms with Gasteiger partial charge in [-0.3, -0.25) is 4.79 Å². The minimum Gasteiger partial charge on any atom is -0.477 e. The van der Waals surface area contributed by atoms with Gasteiger partial charge in [-0.25, -0.2) is 18.6 Å². The van der Waals surface area contributed by atoms with Crippen molar-refractivity contribution in [2.75, 3.05) is 0 Å². The minimum absolute atomic E-state index is 0.0583. The molecule has 0 bridgehead atoms. The molecule has 2 aromatic carbocycles. The van der Waals surface area contributed by atoms with Crippen LogP contribution in [-0.2, 0) is 6.54 Å². The Morgan fingerprint density at radius 1 is 1.18 bits per heavy atom. The Balaban J connectivity index is 1.83. The van der Waals surface area contributed by atoms with Crippen molar-refractivity contribution in [3.05, 3.63) is 98.7 Å². The quantitative estimate of drug-likeness (QED) is 0.332. The van der Waals surface area contributed by atoms with Crippen molar-refractivity contribution in [3.8, 4) is 11.1 Å². The summed E-state index contributed by atoms with van der Waals surface area (Å²) in [6, 6.07) is 11.6. The van der Waals surface area contributed by atoms with E-state index < -0.39 is 23.2 Å². The number of carboxylic acids is 1. The van der Waals surface area contributed by atoms with Crippen molar-refractivity contribution in [2.24, 2.45) is 0 Å². The summed E-state index contributed by atoms with van der Waals surface area (Å²) in [6.45, 7) is 1.50. The first-order valence-electron chi connectivity index (χ1n) is 10.2. The zero-order valence-corrected chi connectivity index (χ0v) is 18.5. The number of fused-ring (bicyclic) bond motifs is 2. The van der Waals surface area contributed by atoms with Crippen LogP contribution in [0.2, 0.25) is 5.15 Å². The van der Waals surface area contributed by atoms with Gasteiger partial charge < -0.3 is 14.7 Å². The zero-order valence-electron chi connectivity index (χ0n) is 17.7. The summed E-state index contributed by atoms with van der Waals surface area (Å²) in [5.41, 5.74) is 1.06. The van der Waals surface area contributed by atoms with Crippen molar-refractivity contribution in [1.29, 1.82) is 0 Å². The molecule has 0 aliphatic carbocycles. The lowest BCUT2D eigenvalue weighted by molar-refractivity contribution is 0.0687. The summed E-state index contributed by atoms with van der Waals surface area (Å²) in [4.78, 5) is 31.9. The summed E-state index contributed by atoms with van der Waals surface area (Å²) in [5.74, 6) is -2.27. The van der Waals surface area contributed by atoms with Gasteiger partial charge in [0.05, 0.1) is 17.6 Å². The maximum atomic E-state index is 14.6. The second kappa shape index (κ2) is 8.07. The fourth-order valence-corrected chi connectivity index (χ4v) is 4.40. The van der Waals surface area contributed by atoms with Gasteiger partial charge in [-0.15, -0.1) is 0 Å². The van der Waals surface area contributed by atoms with E-state index in [1.807, 2.05) is 0 Å². The molecule has 5 aromatic rings. The number of halogens is 3. The highest BCUT2D eigenvalue weighted by Gasteiger charge is 2.26. The standard InChI is InChI=1S/C25H16ClF2N3O3/c1-12-7-17-20(10-18(12)28)31(22(25(33)34)21(17)16-3-2-6-29-24(16)32)11-14-8-13-4-5-15(27)9-19(13)30-23(14)26/h2-10H,11H2,1H3,(H,29,32)(H,33,34). The lowest BCUT2D eigenvalue weighted by Gasteiger charge is -2.12. The van der Waals surface area contributed by atoms with Gasteiger partial charge in [0.1, 0.15) is 22.5 Å². The number of aromatic carboxylic acids is 1. The predicted octanol–water partition coefficient (Wildman–Crippen LogP) is 5.53. The molecule has 0 amide bonds. The van der Waals surface area contributed by atoms with E-state index in [4.69, 9.17) is 11.6 Å². The molecule has 9 heteroatoms. The molecule has 0 radical (unpaired) electrons. The number of carboxylic acid groups (broad SMARTS) is 1. The van der Waals surface area contributed by atoms with Crippen LogP contribution in [0.1, 0.15) is 21.6 Å². The summed E-state index contributed by atoms with van der Waals surface area (Å²) < 4.78 is 29.6. The number of aryl methyl sites for hydroxylation is 1. The smallest absolute Gasteiger partial charge is 0.353 e. The number of benzene rings is 2. The van der Waals surface area contributed by atoms with Crippen molar-refractivity contribution in [3.63, 3.8) is 0 Å². The van der Waals surface area contributed by atoms with Crippen molar-refractivity contribution in [1.82, 2.24) is 14.5 Å². The molecule has 0 spiro atoms. The molecule has 0 saturated heterocycles. The molecule has 0 atom stereocenters. The Morgan fingerprint density at radius 3 is 2.71 bits per heavy atom. The normalized spacial score (nSPS) is 11.4. The van der Waals surface area contributed by atoms with Crippen molar-refractivity contribution < 1.29 is 18.7 Å². The Hall–Kier alpha value is -4.04. The summed E-state index contributed by atoms with van der Waals surface area (Å²) in [7, 11) is 0. The molecular weight excluding hydrogens is 464 g/mol. The summed E-state index contributed by atoms with van der Waals surface area (Å²) >= 11 is 6.37. The van der Waals surface area contributed by atoms with Crippen LogP contribution in [0.5, 0.6) is 0 Å². The van der Waals surface area contributed by atoms with Crippen LogP contribution in [0.25, 0.3) is 32.9 Å². The van der Waals surface area contributed by atoms with E-state index in [0.29, 0.717) is 27.4 Å². The molecule has 3 heterocycles. The van der Waals surface area contributed by atoms with Crippen LogP contribution in [0.3, 0.4) is 0 Å². The van der Waals surface area contributed by atoms with E-state index in [2.05, 4.69) is 9.97 Å². The fraction of sp³-hybridized carbons (Fsp3) is 0.0800. The van der Waals surface area contributed by atoms with Crippen molar-refractivity contribution >= 4 is 39.4 Å². The Morgan fingerprint density at radius 2 is 1.97 bits per heavy atom. The number of H-pyrrole nitrogens is 1. The summed E-state index contributed by atoms with van der Waals surface area (Å²) in [5, 5.41) is 11.3. The number of hydrogen-bond donors (Lipinski definition) is 2. The topological polar surface area (TPSA) is 88.0 Å².